The van der Waals surface area contributed by atoms with Crippen LogP contribution in [0.2, 0.25) is 0 Å². The number of benzene rings is 2. The Morgan fingerprint density at radius 2 is 1.28 bits per heavy atom. The second-order valence-corrected chi connectivity index (χ2v) is 5.49. The first-order chi connectivity index (χ1) is 11.9. The van der Waals surface area contributed by atoms with Gasteiger partial charge in [-0.3, -0.25) is 4.79 Å². The number of hydrogen-bond donors (Lipinski definition) is 0. The van der Waals surface area contributed by atoms with E-state index in [-0.39, 0.29) is 0 Å². The smallest absolute Gasteiger partial charge is 0.311 e. The highest BCUT2D eigenvalue weighted by molar-refractivity contribution is 5.70. The predicted molar refractivity (Wildman–Crippen MR) is 89.4 cm³/mol. The summed E-state index contributed by atoms with van der Waals surface area (Å²) in [6.45, 7) is 0. The van der Waals surface area contributed by atoms with Gasteiger partial charge in [-0.05, 0) is 35.4 Å². The number of carbonyl (C=O) groups excluding carboxylic acids is 1. The van der Waals surface area contributed by atoms with E-state index >= 15 is 0 Å². The molecule has 0 aromatic heterocycles. The van der Waals surface area contributed by atoms with E-state index in [1.165, 1.54) is 14.2 Å². The van der Waals surface area contributed by atoms with Crippen molar-refractivity contribution in [3.8, 4) is 11.5 Å². The van der Waals surface area contributed by atoms with Crippen LogP contribution >= 0.6 is 0 Å². The van der Waals surface area contributed by atoms with Crippen LogP contribution in [-0.4, -0.2) is 33.2 Å². The van der Waals surface area contributed by atoms with Gasteiger partial charge in [0.2, 0.25) is 0 Å². The Morgan fingerprint density at radius 3 is 1.60 bits per heavy atom. The lowest BCUT2D eigenvalue weighted by molar-refractivity contribution is -0.149. The SMILES string of the molecule is COC(=O)CC(F)(F)C(c1ccc(OC)cc1)c1ccc(OC)cc1. The molecular formula is C19H20F2O4. The molecule has 0 atom stereocenters. The van der Waals surface area contributed by atoms with Crippen molar-refractivity contribution in [1.82, 2.24) is 0 Å². The topological polar surface area (TPSA) is 44.8 Å². The average Bonchev–Trinajstić information content (AvgIpc) is 2.62. The van der Waals surface area contributed by atoms with Crippen LogP contribution in [0.5, 0.6) is 11.5 Å². The van der Waals surface area contributed by atoms with Crippen LogP contribution in [0.25, 0.3) is 0 Å². The maximum Gasteiger partial charge on any atom is 0.311 e. The molecule has 2 aromatic rings. The maximum atomic E-state index is 14.9. The Kier molecular flexibility index (Phi) is 5.96. The molecule has 134 valence electrons. The van der Waals surface area contributed by atoms with Gasteiger partial charge >= 0.3 is 5.97 Å². The van der Waals surface area contributed by atoms with Crippen LogP contribution in [0.15, 0.2) is 48.5 Å². The minimum Gasteiger partial charge on any atom is -0.497 e. The van der Waals surface area contributed by atoms with E-state index in [9.17, 15) is 13.6 Å². The third-order valence-corrected chi connectivity index (χ3v) is 3.93. The summed E-state index contributed by atoms with van der Waals surface area (Å²) < 4.78 is 44.4. The number of hydrogen-bond acceptors (Lipinski definition) is 4. The van der Waals surface area contributed by atoms with E-state index in [0.717, 1.165) is 7.11 Å². The lowest BCUT2D eigenvalue weighted by atomic mass is 9.84. The molecular weight excluding hydrogens is 330 g/mol. The van der Waals surface area contributed by atoms with Crippen molar-refractivity contribution < 1.29 is 27.8 Å². The van der Waals surface area contributed by atoms with Crippen LogP contribution in [0, 0.1) is 0 Å². The van der Waals surface area contributed by atoms with E-state index in [1.54, 1.807) is 48.5 Å². The van der Waals surface area contributed by atoms with E-state index in [4.69, 9.17) is 9.47 Å². The molecule has 0 aliphatic heterocycles. The van der Waals surface area contributed by atoms with Crippen molar-refractivity contribution >= 4 is 5.97 Å². The van der Waals surface area contributed by atoms with Gasteiger partial charge in [-0.15, -0.1) is 0 Å². The van der Waals surface area contributed by atoms with Crippen molar-refractivity contribution in [2.75, 3.05) is 21.3 Å². The Bertz CT molecular complexity index is 649. The zero-order valence-corrected chi connectivity index (χ0v) is 14.3. The summed E-state index contributed by atoms with van der Waals surface area (Å²) in [5.41, 5.74) is 0.750. The molecule has 0 N–H and O–H groups in total. The predicted octanol–water partition coefficient (Wildman–Crippen LogP) is 4.03. The molecule has 2 aromatic carbocycles. The van der Waals surface area contributed by atoms with Gasteiger partial charge in [-0.1, -0.05) is 24.3 Å². The molecule has 0 aliphatic rings. The molecule has 0 saturated carbocycles. The molecule has 0 fully saturated rings. The highest BCUT2D eigenvalue weighted by Crippen LogP contribution is 2.42. The Morgan fingerprint density at radius 1 is 0.880 bits per heavy atom. The third-order valence-electron chi connectivity index (χ3n) is 3.93. The van der Waals surface area contributed by atoms with Gasteiger partial charge in [-0.2, -0.15) is 0 Å². The first-order valence-electron chi connectivity index (χ1n) is 7.64. The van der Waals surface area contributed by atoms with Gasteiger partial charge in [-0.25, -0.2) is 8.78 Å². The number of esters is 1. The summed E-state index contributed by atoms with van der Waals surface area (Å²) in [6, 6.07) is 12.7. The number of halogens is 2. The van der Waals surface area contributed by atoms with Crippen LogP contribution in [-0.2, 0) is 9.53 Å². The Hall–Kier alpha value is -2.63. The number of rotatable bonds is 7. The lowest BCUT2D eigenvalue weighted by Gasteiger charge is -2.27. The van der Waals surface area contributed by atoms with Gasteiger partial charge in [0.15, 0.2) is 0 Å². The molecule has 6 heteroatoms. The highest BCUT2D eigenvalue weighted by Gasteiger charge is 2.44. The van der Waals surface area contributed by atoms with Crippen LogP contribution < -0.4 is 9.47 Å². The molecule has 0 bridgehead atoms. The van der Waals surface area contributed by atoms with Crippen molar-refractivity contribution in [2.45, 2.75) is 18.3 Å². The van der Waals surface area contributed by atoms with Gasteiger partial charge < -0.3 is 14.2 Å². The second kappa shape index (κ2) is 7.96. The molecule has 0 saturated heterocycles. The van der Waals surface area contributed by atoms with Crippen LogP contribution in [0.3, 0.4) is 0 Å². The van der Waals surface area contributed by atoms with Gasteiger partial charge in [0.1, 0.15) is 17.9 Å². The number of alkyl halides is 2. The van der Waals surface area contributed by atoms with Crippen LogP contribution in [0.1, 0.15) is 23.5 Å². The van der Waals surface area contributed by atoms with Crippen molar-refractivity contribution in [3.63, 3.8) is 0 Å². The summed E-state index contributed by atoms with van der Waals surface area (Å²) in [5, 5.41) is 0. The van der Waals surface area contributed by atoms with Crippen LogP contribution in [0.4, 0.5) is 8.78 Å². The summed E-state index contributed by atoms with van der Waals surface area (Å²) in [6.07, 6.45) is -1.01. The largest absolute Gasteiger partial charge is 0.497 e. The minimum absolute atomic E-state index is 0.375. The highest BCUT2D eigenvalue weighted by atomic mass is 19.3. The summed E-state index contributed by atoms with van der Waals surface area (Å²) in [7, 11) is 4.10. The number of ether oxygens (including phenoxy) is 3. The standard InChI is InChI=1S/C19H20F2O4/c1-23-15-8-4-13(5-9-15)18(19(20,21)12-17(22)25-3)14-6-10-16(24-2)11-7-14/h4-11,18H,12H2,1-3H3. The molecule has 2 rings (SSSR count). The lowest BCUT2D eigenvalue weighted by Crippen LogP contribution is -2.31. The first-order valence-corrected chi connectivity index (χ1v) is 7.64. The Balaban J connectivity index is 2.46. The number of methoxy groups -OCH3 is 3. The average molecular weight is 350 g/mol. The summed E-state index contributed by atoms with van der Waals surface area (Å²) in [5.74, 6) is -4.46. The molecule has 0 amide bonds. The van der Waals surface area contributed by atoms with Gasteiger partial charge in [0.25, 0.3) is 5.92 Å². The molecule has 0 radical (unpaired) electrons. The summed E-state index contributed by atoms with van der Waals surface area (Å²) in [4.78, 5) is 11.5. The van der Waals surface area contributed by atoms with E-state index in [1.807, 2.05) is 0 Å². The number of carbonyl (C=O) groups is 1. The second-order valence-electron chi connectivity index (χ2n) is 5.49. The zero-order valence-electron chi connectivity index (χ0n) is 14.3. The van der Waals surface area contributed by atoms with Crippen molar-refractivity contribution in [1.29, 1.82) is 0 Å². The summed E-state index contributed by atoms with van der Waals surface area (Å²) >= 11 is 0. The fourth-order valence-electron chi connectivity index (χ4n) is 2.64. The molecule has 0 unspecified atom stereocenters. The van der Waals surface area contributed by atoms with Gasteiger partial charge in [0.05, 0.1) is 27.2 Å². The fourth-order valence-corrected chi connectivity index (χ4v) is 2.64. The van der Waals surface area contributed by atoms with Gasteiger partial charge in [0, 0.05) is 0 Å². The molecule has 0 heterocycles. The van der Waals surface area contributed by atoms with E-state index < -0.39 is 24.2 Å². The minimum atomic E-state index is -3.32. The molecule has 25 heavy (non-hydrogen) atoms. The van der Waals surface area contributed by atoms with E-state index in [0.29, 0.717) is 22.6 Å². The third kappa shape index (κ3) is 4.47. The first kappa shape index (κ1) is 18.7. The van der Waals surface area contributed by atoms with Crippen molar-refractivity contribution in [3.05, 3.63) is 59.7 Å². The normalized spacial score (nSPS) is 11.3. The molecule has 4 nitrogen and oxygen atoms in total. The monoisotopic (exact) mass is 350 g/mol. The van der Waals surface area contributed by atoms with E-state index in [2.05, 4.69) is 4.74 Å². The fraction of sp³-hybridized carbons (Fsp3) is 0.316. The molecule has 0 spiro atoms. The quantitative estimate of drug-likeness (QED) is 0.707. The zero-order chi connectivity index (χ0) is 18.4. The maximum absolute atomic E-state index is 14.9. The van der Waals surface area contributed by atoms with Crippen molar-refractivity contribution in [2.24, 2.45) is 0 Å². The Labute approximate surface area is 145 Å². The molecule has 0 aliphatic carbocycles.